The molecule has 0 aliphatic heterocycles. The summed E-state index contributed by atoms with van der Waals surface area (Å²) >= 11 is 0. The lowest BCUT2D eigenvalue weighted by Gasteiger charge is -2.11. The monoisotopic (exact) mass is 366 g/mol. The average molecular weight is 366 g/mol. The van der Waals surface area contributed by atoms with Gasteiger partial charge in [0.25, 0.3) is 0 Å². The Bertz CT molecular complexity index is 939. The molecule has 0 aliphatic carbocycles. The largest absolute Gasteiger partial charge is 0.405 e. The van der Waals surface area contributed by atoms with Crippen LogP contribution in [0.25, 0.3) is 22.4 Å². The summed E-state index contributed by atoms with van der Waals surface area (Å²) in [6.45, 7) is -1.83. The number of aromatic nitrogens is 5. The van der Waals surface area contributed by atoms with Gasteiger partial charge in [0.05, 0.1) is 18.4 Å². The normalized spacial score (nSPS) is 11.5. The van der Waals surface area contributed by atoms with E-state index in [0.717, 1.165) is 0 Å². The maximum atomic E-state index is 12.1. The Morgan fingerprint density at radius 1 is 1.27 bits per heavy atom. The van der Waals surface area contributed by atoms with Crippen molar-refractivity contribution in [1.29, 1.82) is 0 Å². The Hall–Kier alpha value is -3.44. The van der Waals surface area contributed by atoms with Gasteiger partial charge < -0.3 is 21.4 Å². The van der Waals surface area contributed by atoms with Gasteiger partial charge in [-0.05, 0) is 0 Å². The number of rotatable bonds is 5. The van der Waals surface area contributed by atoms with Gasteiger partial charge in [0.15, 0.2) is 11.6 Å². The molecule has 0 saturated carbocycles. The summed E-state index contributed by atoms with van der Waals surface area (Å²) in [5.41, 5.74) is 7.11. The Balaban J connectivity index is 1.75. The molecule has 12 heteroatoms. The van der Waals surface area contributed by atoms with Crippen molar-refractivity contribution in [3.05, 3.63) is 24.9 Å². The number of hydrogen-bond donors (Lipinski definition) is 4. The van der Waals surface area contributed by atoms with Crippen molar-refractivity contribution >= 4 is 28.4 Å². The van der Waals surface area contributed by atoms with Gasteiger partial charge >= 0.3 is 6.18 Å². The van der Waals surface area contributed by atoms with Crippen molar-refractivity contribution in [1.82, 2.24) is 30.2 Å². The molecule has 0 atom stereocenters. The number of nitrogens with two attached hydrogens (primary N) is 1. The Morgan fingerprint density at radius 3 is 2.85 bits per heavy atom. The highest BCUT2D eigenvalue weighted by Gasteiger charge is 2.27. The van der Waals surface area contributed by atoms with E-state index in [1.807, 2.05) is 0 Å². The molecular weight excluding hydrogens is 353 g/mol. The van der Waals surface area contributed by atoms with Gasteiger partial charge in [-0.1, -0.05) is 0 Å². The fraction of sp³-hybridized carbons (Fsp3) is 0.214. The second-order valence-corrected chi connectivity index (χ2v) is 5.23. The Morgan fingerprint density at radius 2 is 2.08 bits per heavy atom. The molecule has 0 spiro atoms. The molecule has 0 bridgehead atoms. The van der Waals surface area contributed by atoms with Crippen molar-refractivity contribution in [3.8, 4) is 11.4 Å². The van der Waals surface area contributed by atoms with E-state index < -0.39 is 25.2 Å². The van der Waals surface area contributed by atoms with Crippen LogP contribution >= 0.6 is 0 Å². The smallest absolute Gasteiger partial charge is 0.394 e. The minimum atomic E-state index is -4.48. The molecule has 0 fully saturated rings. The summed E-state index contributed by atoms with van der Waals surface area (Å²) in [4.78, 5) is 30.8. The fourth-order valence-corrected chi connectivity index (χ4v) is 2.13. The van der Waals surface area contributed by atoms with Crippen LogP contribution in [0.15, 0.2) is 24.9 Å². The summed E-state index contributed by atoms with van der Waals surface area (Å²) in [7, 11) is 0. The van der Waals surface area contributed by atoms with Crippen LogP contribution in [0, 0.1) is 0 Å². The van der Waals surface area contributed by atoms with Crippen molar-refractivity contribution in [3.63, 3.8) is 0 Å². The number of nitrogens with one attached hydrogen (secondary N) is 3. The number of carbonyl (C=O) groups is 1. The molecule has 0 aliphatic rings. The molecule has 0 aromatic carbocycles. The third-order valence-electron chi connectivity index (χ3n) is 3.32. The first-order valence-corrected chi connectivity index (χ1v) is 7.31. The van der Waals surface area contributed by atoms with Crippen molar-refractivity contribution < 1.29 is 18.0 Å². The van der Waals surface area contributed by atoms with Crippen LogP contribution in [0.5, 0.6) is 0 Å². The van der Waals surface area contributed by atoms with E-state index in [1.165, 1.54) is 12.5 Å². The maximum Gasteiger partial charge on any atom is 0.405 e. The van der Waals surface area contributed by atoms with Crippen LogP contribution in [-0.4, -0.2) is 50.1 Å². The molecular formula is C14H13F3N8O. The maximum absolute atomic E-state index is 12.1. The van der Waals surface area contributed by atoms with E-state index in [1.54, 1.807) is 17.7 Å². The van der Waals surface area contributed by atoms with Gasteiger partial charge in [-0.3, -0.25) is 4.79 Å². The summed E-state index contributed by atoms with van der Waals surface area (Å²) < 4.78 is 36.3. The molecule has 3 aromatic heterocycles. The Kier molecular flexibility index (Phi) is 4.56. The SMILES string of the molecule is Nc1cnc(-c2c[nH]c3ncncc23)nc1NCC(=O)NCC(F)(F)F. The molecule has 26 heavy (non-hydrogen) atoms. The number of hydrogen-bond acceptors (Lipinski definition) is 7. The molecule has 0 unspecified atom stereocenters. The summed E-state index contributed by atoms with van der Waals surface area (Å²) in [5, 5.41) is 5.04. The number of H-pyrrole nitrogens is 1. The predicted molar refractivity (Wildman–Crippen MR) is 86.9 cm³/mol. The van der Waals surface area contributed by atoms with Gasteiger partial charge in [-0.15, -0.1) is 0 Å². The first kappa shape index (κ1) is 17.4. The van der Waals surface area contributed by atoms with Crippen molar-refractivity contribution in [2.24, 2.45) is 0 Å². The van der Waals surface area contributed by atoms with Crippen LogP contribution in [0.2, 0.25) is 0 Å². The van der Waals surface area contributed by atoms with Gasteiger partial charge in [0.2, 0.25) is 5.91 Å². The molecule has 3 rings (SSSR count). The quantitative estimate of drug-likeness (QED) is 0.531. The summed E-state index contributed by atoms with van der Waals surface area (Å²) in [6.07, 6.45) is 1.48. The van der Waals surface area contributed by atoms with E-state index >= 15 is 0 Å². The molecule has 9 nitrogen and oxygen atoms in total. The third-order valence-corrected chi connectivity index (χ3v) is 3.32. The third kappa shape index (κ3) is 3.96. The van der Waals surface area contributed by atoms with E-state index in [2.05, 4.69) is 30.2 Å². The number of aromatic amines is 1. The first-order chi connectivity index (χ1) is 12.3. The number of anilines is 2. The molecule has 1 amide bonds. The highest BCUT2D eigenvalue weighted by molar-refractivity contribution is 5.91. The van der Waals surface area contributed by atoms with Gasteiger partial charge in [-0.25, -0.2) is 19.9 Å². The molecule has 0 radical (unpaired) electrons. The second kappa shape index (κ2) is 6.82. The zero-order valence-electron chi connectivity index (χ0n) is 13.1. The van der Waals surface area contributed by atoms with Crippen LogP contribution in [0.4, 0.5) is 24.7 Å². The number of alkyl halides is 3. The standard InChI is InChI=1S/C14H13F3N8O/c15-14(16,17)5-23-10(26)4-22-13-9(18)3-21-12(25-13)8-2-20-11-7(8)1-19-6-24-11/h1-3,6H,4-5,18H2,(H,23,26)(H,19,20,24)(H,21,22,25). The highest BCUT2D eigenvalue weighted by atomic mass is 19.4. The minimum Gasteiger partial charge on any atom is -0.394 e. The second-order valence-electron chi connectivity index (χ2n) is 5.23. The lowest BCUT2D eigenvalue weighted by atomic mass is 10.2. The lowest BCUT2D eigenvalue weighted by Crippen LogP contribution is -2.37. The predicted octanol–water partition coefficient (Wildman–Crippen LogP) is 1.09. The number of amides is 1. The van der Waals surface area contributed by atoms with Crippen LogP contribution in [0.3, 0.4) is 0 Å². The van der Waals surface area contributed by atoms with E-state index in [-0.39, 0.29) is 11.5 Å². The average Bonchev–Trinajstić information content (AvgIpc) is 3.03. The van der Waals surface area contributed by atoms with Crippen LogP contribution in [-0.2, 0) is 4.79 Å². The van der Waals surface area contributed by atoms with E-state index in [4.69, 9.17) is 5.73 Å². The number of nitrogen functional groups attached to an aromatic ring is 1. The molecule has 0 saturated heterocycles. The fourth-order valence-electron chi connectivity index (χ4n) is 2.13. The van der Waals surface area contributed by atoms with Gasteiger partial charge in [-0.2, -0.15) is 13.2 Å². The van der Waals surface area contributed by atoms with Gasteiger partial charge in [0, 0.05) is 23.3 Å². The molecule has 3 aromatic rings. The number of fused-ring (bicyclic) bond motifs is 1. The minimum absolute atomic E-state index is 0.128. The van der Waals surface area contributed by atoms with E-state index in [0.29, 0.717) is 22.4 Å². The number of nitrogens with zero attached hydrogens (tertiary/aromatic N) is 4. The molecule has 3 heterocycles. The number of carbonyl (C=O) groups excluding carboxylic acids is 1. The number of halogens is 3. The van der Waals surface area contributed by atoms with Crippen LogP contribution < -0.4 is 16.4 Å². The van der Waals surface area contributed by atoms with Crippen molar-refractivity contribution in [2.75, 3.05) is 24.1 Å². The molecule has 136 valence electrons. The first-order valence-electron chi connectivity index (χ1n) is 7.31. The van der Waals surface area contributed by atoms with Crippen molar-refractivity contribution in [2.45, 2.75) is 6.18 Å². The summed E-state index contributed by atoms with van der Waals surface area (Å²) in [6, 6.07) is 0. The summed E-state index contributed by atoms with van der Waals surface area (Å²) in [5.74, 6) is -0.427. The van der Waals surface area contributed by atoms with Gasteiger partial charge in [0.1, 0.15) is 18.5 Å². The molecule has 5 N–H and O–H groups in total. The van der Waals surface area contributed by atoms with E-state index in [9.17, 15) is 18.0 Å². The van der Waals surface area contributed by atoms with Crippen LogP contribution in [0.1, 0.15) is 0 Å². The topological polar surface area (TPSA) is 134 Å². The zero-order valence-corrected chi connectivity index (χ0v) is 13.1. The highest BCUT2D eigenvalue weighted by Crippen LogP contribution is 2.26. The lowest BCUT2D eigenvalue weighted by molar-refractivity contribution is -0.137. The zero-order chi connectivity index (χ0) is 18.7. The Labute approximate surface area is 144 Å².